The van der Waals surface area contributed by atoms with E-state index in [4.69, 9.17) is 23.2 Å². The molecule has 2 aromatic carbocycles. The Bertz CT molecular complexity index is 1070. The van der Waals surface area contributed by atoms with Gasteiger partial charge in [-0.15, -0.1) is 0 Å². The van der Waals surface area contributed by atoms with E-state index < -0.39 is 6.04 Å². The predicted molar refractivity (Wildman–Crippen MR) is 113 cm³/mol. The fraction of sp³-hybridized carbons (Fsp3) is 0.136. The number of benzene rings is 2. The number of fused-ring (bicyclic) bond motifs is 1. The first-order chi connectivity index (χ1) is 14.0. The van der Waals surface area contributed by atoms with E-state index in [2.05, 4.69) is 10.3 Å². The van der Waals surface area contributed by atoms with Gasteiger partial charge in [-0.1, -0.05) is 35.3 Å². The minimum Gasteiger partial charge on any atom is -0.352 e. The molecule has 0 spiro atoms. The van der Waals surface area contributed by atoms with Crippen LogP contribution in [0.5, 0.6) is 0 Å². The third-order valence-corrected chi connectivity index (χ3v) is 5.26. The van der Waals surface area contributed by atoms with Gasteiger partial charge in [0, 0.05) is 28.5 Å². The lowest BCUT2D eigenvalue weighted by Crippen LogP contribution is -2.32. The van der Waals surface area contributed by atoms with Crippen molar-refractivity contribution in [3.05, 3.63) is 93.7 Å². The van der Waals surface area contributed by atoms with Gasteiger partial charge in [0.2, 0.25) is 5.91 Å². The summed E-state index contributed by atoms with van der Waals surface area (Å²) in [7, 11) is 0. The van der Waals surface area contributed by atoms with Gasteiger partial charge in [0.15, 0.2) is 0 Å². The van der Waals surface area contributed by atoms with Crippen molar-refractivity contribution in [1.29, 1.82) is 0 Å². The molecule has 4 rings (SSSR count). The van der Waals surface area contributed by atoms with Crippen LogP contribution in [0.2, 0.25) is 10.0 Å². The third kappa shape index (κ3) is 4.11. The van der Waals surface area contributed by atoms with Crippen molar-refractivity contribution in [3.63, 3.8) is 0 Å². The molecule has 0 bridgehead atoms. The lowest BCUT2D eigenvalue weighted by molar-refractivity contribution is -0.121. The van der Waals surface area contributed by atoms with Crippen LogP contribution in [0.1, 0.15) is 34.1 Å². The highest BCUT2D eigenvalue weighted by atomic mass is 35.5. The van der Waals surface area contributed by atoms with Crippen molar-refractivity contribution in [3.8, 4) is 0 Å². The summed E-state index contributed by atoms with van der Waals surface area (Å²) in [5, 5.41) is 4.09. The number of nitrogens with zero attached hydrogens (tertiary/aromatic N) is 2. The van der Waals surface area contributed by atoms with Gasteiger partial charge in [-0.25, -0.2) is 0 Å². The quantitative estimate of drug-likeness (QED) is 0.638. The summed E-state index contributed by atoms with van der Waals surface area (Å²) in [6.45, 7) is 0.357. The smallest absolute Gasteiger partial charge is 0.260 e. The van der Waals surface area contributed by atoms with E-state index in [1.54, 1.807) is 59.6 Å². The van der Waals surface area contributed by atoms with Crippen LogP contribution < -0.4 is 10.2 Å². The van der Waals surface area contributed by atoms with Crippen LogP contribution in [0.4, 0.5) is 5.69 Å². The van der Waals surface area contributed by atoms with Gasteiger partial charge < -0.3 is 5.32 Å². The van der Waals surface area contributed by atoms with Gasteiger partial charge in [0.25, 0.3) is 5.91 Å². The number of nitrogens with one attached hydrogen (secondary N) is 1. The molecule has 146 valence electrons. The summed E-state index contributed by atoms with van der Waals surface area (Å²) in [6.07, 6.45) is 1.73. The van der Waals surface area contributed by atoms with E-state index in [0.717, 1.165) is 5.56 Å². The summed E-state index contributed by atoms with van der Waals surface area (Å²) in [4.78, 5) is 31.7. The Balaban J connectivity index is 1.56. The summed E-state index contributed by atoms with van der Waals surface area (Å²) in [5.74, 6) is -0.358. The molecule has 0 radical (unpaired) electrons. The van der Waals surface area contributed by atoms with Crippen molar-refractivity contribution in [2.24, 2.45) is 0 Å². The van der Waals surface area contributed by atoms with Crippen molar-refractivity contribution in [2.75, 3.05) is 4.90 Å². The fourth-order valence-electron chi connectivity index (χ4n) is 3.44. The summed E-state index contributed by atoms with van der Waals surface area (Å²) < 4.78 is 0. The Kier molecular flexibility index (Phi) is 5.51. The second kappa shape index (κ2) is 8.23. The van der Waals surface area contributed by atoms with Crippen LogP contribution in [0, 0.1) is 0 Å². The minimum atomic E-state index is -0.487. The predicted octanol–water partition coefficient (Wildman–Crippen LogP) is 4.80. The van der Waals surface area contributed by atoms with Crippen LogP contribution in [-0.4, -0.2) is 16.8 Å². The highest BCUT2D eigenvalue weighted by Gasteiger charge is 2.39. The van der Waals surface area contributed by atoms with Gasteiger partial charge in [-0.2, -0.15) is 0 Å². The Labute approximate surface area is 178 Å². The van der Waals surface area contributed by atoms with E-state index >= 15 is 0 Å². The first kappa shape index (κ1) is 19.4. The summed E-state index contributed by atoms with van der Waals surface area (Å²) >= 11 is 12.0. The largest absolute Gasteiger partial charge is 0.352 e. The number of rotatable bonds is 5. The van der Waals surface area contributed by atoms with Crippen LogP contribution in [0.3, 0.4) is 0 Å². The Hall–Kier alpha value is -2.89. The zero-order valence-corrected chi connectivity index (χ0v) is 16.8. The molecule has 29 heavy (non-hydrogen) atoms. The van der Waals surface area contributed by atoms with Crippen LogP contribution in [0.25, 0.3) is 0 Å². The molecule has 1 unspecified atom stereocenters. The summed E-state index contributed by atoms with van der Waals surface area (Å²) in [5.41, 5.74) is 2.69. The molecule has 3 aromatic rings. The Morgan fingerprint density at radius 1 is 1.03 bits per heavy atom. The molecule has 1 aromatic heterocycles. The number of hydrogen-bond donors (Lipinski definition) is 1. The number of hydrogen-bond acceptors (Lipinski definition) is 3. The second-order valence-corrected chi connectivity index (χ2v) is 7.59. The monoisotopic (exact) mass is 425 g/mol. The molecule has 7 heteroatoms. The maximum atomic E-state index is 13.0. The molecule has 1 atom stereocenters. The normalized spacial score (nSPS) is 15.3. The van der Waals surface area contributed by atoms with E-state index in [-0.39, 0.29) is 18.2 Å². The molecule has 0 saturated carbocycles. The number of amides is 2. The van der Waals surface area contributed by atoms with Gasteiger partial charge >= 0.3 is 0 Å². The molecule has 0 saturated heterocycles. The zero-order chi connectivity index (χ0) is 20.4. The van der Waals surface area contributed by atoms with E-state index in [0.29, 0.717) is 33.5 Å². The molecule has 2 heterocycles. The van der Waals surface area contributed by atoms with E-state index in [1.165, 1.54) is 0 Å². The molecule has 5 nitrogen and oxygen atoms in total. The van der Waals surface area contributed by atoms with Crippen molar-refractivity contribution in [2.45, 2.75) is 19.0 Å². The molecule has 1 aliphatic rings. The lowest BCUT2D eigenvalue weighted by atomic mass is 10.1. The van der Waals surface area contributed by atoms with Gasteiger partial charge in [0.05, 0.1) is 23.7 Å². The molecular weight excluding hydrogens is 409 g/mol. The topological polar surface area (TPSA) is 62.3 Å². The van der Waals surface area contributed by atoms with Gasteiger partial charge in [0.1, 0.15) is 0 Å². The van der Waals surface area contributed by atoms with Crippen molar-refractivity contribution >= 4 is 40.7 Å². The number of aromatic nitrogens is 1. The number of halogens is 2. The number of carbonyl (C=O) groups is 2. The zero-order valence-electron chi connectivity index (χ0n) is 15.3. The van der Waals surface area contributed by atoms with Crippen LogP contribution >= 0.6 is 23.2 Å². The highest BCUT2D eigenvalue weighted by molar-refractivity contribution is 6.31. The number of anilines is 1. The molecule has 1 aliphatic heterocycles. The molecule has 0 fully saturated rings. The fourth-order valence-corrected chi connectivity index (χ4v) is 3.78. The number of pyridine rings is 1. The van der Waals surface area contributed by atoms with Crippen LogP contribution in [-0.2, 0) is 11.3 Å². The maximum absolute atomic E-state index is 13.0. The molecule has 1 N–H and O–H groups in total. The van der Waals surface area contributed by atoms with Gasteiger partial charge in [-0.05, 0) is 54.1 Å². The lowest BCUT2D eigenvalue weighted by Gasteiger charge is -2.24. The second-order valence-electron chi connectivity index (χ2n) is 6.71. The Morgan fingerprint density at radius 2 is 1.83 bits per heavy atom. The average molecular weight is 426 g/mol. The Morgan fingerprint density at radius 3 is 2.59 bits per heavy atom. The molecule has 2 amide bonds. The highest BCUT2D eigenvalue weighted by Crippen LogP contribution is 2.38. The maximum Gasteiger partial charge on any atom is 0.260 e. The summed E-state index contributed by atoms with van der Waals surface area (Å²) in [6, 6.07) is 17.3. The first-order valence-corrected chi connectivity index (χ1v) is 9.84. The van der Waals surface area contributed by atoms with Crippen molar-refractivity contribution < 1.29 is 9.59 Å². The average Bonchev–Trinajstić information content (AvgIpc) is 2.99. The SMILES string of the molecule is O=C(CC1c2ncccc2C(=O)N1c1ccc(Cl)cc1)NCc1cccc(Cl)c1. The van der Waals surface area contributed by atoms with Crippen molar-refractivity contribution in [1.82, 2.24) is 10.3 Å². The third-order valence-electron chi connectivity index (χ3n) is 4.78. The van der Waals surface area contributed by atoms with Gasteiger partial charge in [-0.3, -0.25) is 19.5 Å². The van der Waals surface area contributed by atoms with Crippen LogP contribution in [0.15, 0.2) is 66.9 Å². The molecular formula is C22H17Cl2N3O2. The first-order valence-electron chi connectivity index (χ1n) is 9.08. The minimum absolute atomic E-state index is 0.0962. The van der Waals surface area contributed by atoms with E-state index in [9.17, 15) is 9.59 Å². The number of carbonyl (C=O) groups excluding carboxylic acids is 2. The van der Waals surface area contributed by atoms with E-state index in [1.807, 2.05) is 12.1 Å². The standard InChI is InChI=1S/C22H17Cl2N3O2/c23-15-6-8-17(9-7-15)27-19(21-18(22(27)29)5-2-10-25-21)12-20(28)26-13-14-3-1-4-16(24)11-14/h1-11,19H,12-13H2,(H,26,28). The molecule has 0 aliphatic carbocycles.